The lowest BCUT2D eigenvalue weighted by Crippen LogP contribution is -2.30. The number of thiocarbonyl (C=S) groups is 1. The minimum absolute atomic E-state index is 0.0655. The highest BCUT2D eigenvalue weighted by Crippen LogP contribution is 2.33. The molecule has 3 rings (SSSR count). The molecular weight excluding hydrogens is 322 g/mol. The quantitative estimate of drug-likeness (QED) is 0.553. The van der Waals surface area contributed by atoms with E-state index in [9.17, 15) is 4.79 Å². The Bertz CT molecular complexity index is 630. The normalized spacial score (nSPS) is 21.2. The summed E-state index contributed by atoms with van der Waals surface area (Å²) in [5.41, 5.74) is 1.13. The van der Waals surface area contributed by atoms with E-state index in [-0.39, 0.29) is 5.91 Å². The van der Waals surface area contributed by atoms with E-state index in [1.54, 1.807) is 4.90 Å². The lowest BCUT2D eigenvalue weighted by Gasteiger charge is -2.17. The molecule has 0 N–H and O–H groups in total. The van der Waals surface area contributed by atoms with Crippen molar-refractivity contribution >= 4 is 40.3 Å². The molecule has 1 aliphatic carbocycles. The van der Waals surface area contributed by atoms with Gasteiger partial charge in [0, 0.05) is 6.54 Å². The molecule has 1 saturated carbocycles. The molecule has 0 bridgehead atoms. The summed E-state index contributed by atoms with van der Waals surface area (Å²) < 4.78 is 0.701. The van der Waals surface area contributed by atoms with Gasteiger partial charge in [-0.2, -0.15) is 0 Å². The van der Waals surface area contributed by atoms with Gasteiger partial charge in [-0.25, -0.2) is 0 Å². The number of benzene rings is 1. The first-order valence-corrected chi connectivity index (χ1v) is 9.43. The fourth-order valence-electron chi connectivity index (χ4n) is 3.13. The van der Waals surface area contributed by atoms with E-state index < -0.39 is 0 Å². The van der Waals surface area contributed by atoms with Gasteiger partial charge in [-0.15, -0.1) is 0 Å². The van der Waals surface area contributed by atoms with Crippen LogP contribution in [0.4, 0.5) is 0 Å². The molecule has 1 saturated heterocycles. The molecule has 120 valence electrons. The first-order chi connectivity index (χ1) is 11.2. The molecule has 1 aliphatic heterocycles. The second-order valence-electron chi connectivity index (χ2n) is 6.06. The zero-order valence-electron chi connectivity index (χ0n) is 13.1. The van der Waals surface area contributed by atoms with Crippen molar-refractivity contribution < 1.29 is 4.79 Å². The van der Waals surface area contributed by atoms with Gasteiger partial charge in [0.1, 0.15) is 4.32 Å². The molecule has 2 nitrogen and oxygen atoms in total. The zero-order valence-corrected chi connectivity index (χ0v) is 14.7. The van der Waals surface area contributed by atoms with Crippen LogP contribution < -0.4 is 0 Å². The number of thioether (sulfide) groups is 1. The maximum atomic E-state index is 12.5. The molecule has 1 aromatic rings. The molecule has 0 aromatic heterocycles. The second kappa shape index (κ2) is 7.93. The number of rotatable bonds is 5. The van der Waals surface area contributed by atoms with Crippen molar-refractivity contribution in [3.8, 4) is 0 Å². The van der Waals surface area contributed by atoms with Gasteiger partial charge in [-0.3, -0.25) is 9.69 Å². The Morgan fingerprint density at radius 3 is 2.70 bits per heavy atom. The summed E-state index contributed by atoms with van der Waals surface area (Å²) in [4.78, 5) is 15.0. The fraction of sp³-hybridized carbons (Fsp3) is 0.368. The van der Waals surface area contributed by atoms with E-state index in [1.807, 2.05) is 48.6 Å². The summed E-state index contributed by atoms with van der Waals surface area (Å²) in [5.74, 6) is 0.845. The van der Waals surface area contributed by atoms with E-state index >= 15 is 0 Å². The Hall–Kier alpha value is -1.39. The highest BCUT2D eigenvalue weighted by Gasteiger charge is 2.31. The van der Waals surface area contributed by atoms with Crippen LogP contribution in [0, 0.1) is 5.92 Å². The van der Waals surface area contributed by atoms with Crippen molar-refractivity contribution in [2.45, 2.75) is 32.1 Å². The number of allylic oxidation sites excluding steroid dienone is 2. The van der Waals surface area contributed by atoms with Gasteiger partial charge in [0.15, 0.2) is 0 Å². The lowest BCUT2D eigenvalue weighted by molar-refractivity contribution is -0.122. The smallest absolute Gasteiger partial charge is 0.266 e. The van der Waals surface area contributed by atoms with Crippen molar-refractivity contribution in [1.82, 2.24) is 4.90 Å². The molecule has 0 unspecified atom stereocenters. The third-order valence-corrected chi connectivity index (χ3v) is 5.84. The van der Waals surface area contributed by atoms with Crippen LogP contribution in [0.5, 0.6) is 0 Å². The van der Waals surface area contributed by atoms with Crippen LogP contribution in [-0.2, 0) is 4.79 Å². The average Bonchev–Trinajstić information content (AvgIpc) is 3.16. The molecule has 4 heteroatoms. The van der Waals surface area contributed by atoms with E-state index in [4.69, 9.17) is 12.2 Å². The van der Waals surface area contributed by atoms with Crippen molar-refractivity contribution in [1.29, 1.82) is 0 Å². The SMILES string of the molecule is O=C1/C(=C\C=C\c2ccccc2)SC(=S)N1CCC1CCCC1. The third kappa shape index (κ3) is 4.33. The largest absolute Gasteiger partial charge is 0.293 e. The maximum Gasteiger partial charge on any atom is 0.266 e. The predicted octanol–water partition coefficient (Wildman–Crippen LogP) is 5.02. The number of amides is 1. The van der Waals surface area contributed by atoms with Crippen molar-refractivity contribution in [3.05, 3.63) is 53.0 Å². The molecule has 1 amide bonds. The monoisotopic (exact) mass is 343 g/mol. The fourth-order valence-corrected chi connectivity index (χ4v) is 4.39. The summed E-state index contributed by atoms with van der Waals surface area (Å²) in [6.45, 7) is 0.773. The van der Waals surface area contributed by atoms with Gasteiger partial charge in [-0.05, 0) is 24.0 Å². The molecule has 1 aromatic carbocycles. The van der Waals surface area contributed by atoms with Gasteiger partial charge in [0.05, 0.1) is 4.91 Å². The van der Waals surface area contributed by atoms with Crippen LogP contribution in [0.1, 0.15) is 37.7 Å². The first kappa shape index (κ1) is 16.5. The minimum Gasteiger partial charge on any atom is -0.293 e. The zero-order chi connectivity index (χ0) is 16.1. The summed E-state index contributed by atoms with van der Waals surface area (Å²) in [6, 6.07) is 10.1. The molecule has 0 atom stereocenters. The van der Waals surface area contributed by atoms with Crippen molar-refractivity contribution in [2.75, 3.05) is 6.54 Å². The minimum atomic E-state index is 0.0655. The maximum absolute atomic E-state index is 12.5. The third-order valence-electron chi connectivity index (χ3n) is 4.45. The van der Waals surface area contributed by atoms with Gasteiger partial charge in [-0.1, -0.05) is 92.1 Å². The topological polar surface area (TPSA) is 20.3 Å². The Balaban J connectivity index is 1.58. The van der Waals surface area contributed by atoms with Crippen LogP contribution in [0.15, 0.2) is 47.4 Å². The van der Waals surface area contributed by atoms with E-state index in [0.29, 0.717) is 4.32 Å². The van der Waals surface area contributed by atoms with Gasteiger partial charge < -0.3 is 0 Å². The predicted molar refractivity (Wildman–Crippen MR) is 102 cm³/mol. The average molecular weight is 344 g/mol. The highest BCUT2D eigenvalue weighted by molar-refractivity contribution is 8.26. The van der Waals surface area contributed by atoms with E-state index in [1.165, 1.54) is 37.4 Å². The number of carbonyl (C=O) groups excluding carboxylic acids is 1. The molecule has 0 spiro atoms. The van der Waals surface area contributed by atoms with E-state index in [2.05, 4.69) is 0 Å². The second-order valence-corrected chi connectivity index (χ2v) is 7.74. The Morgan fingerprint density at radius 2 is 1.96 bits per heavy atom. The van der Waals surface area contributed by atoms with E-state index in [0.717, 1.165) is 29.4 Å². The number of nitrogens with zero attached hydrogens (tertiary/aromatic N) is 1. The van der Waals surface area contributed by atoms with Gasteiger partial charge >= 0.3 is 0 Å². The molecule has 1 heterocycles. The number of hydrogen-bond acceptors (Lipinski definition) is 3. The van der Waals surface area contributed by atoms with Gasteiger partial charge in [0.25, 0.3) is 5.91 Å². The lowest BCUT2D eigenvalue weighted by atomic mass is 10.0. The molecule has 0 radical (unpaired) electrons. The Labute approximate surface area is 147 Å². The first-order valence-electron chi connectivity index (χ1n) is 8.21. The summed E-state index contributed by atoms with van der Waals surface area (Å²) >= 11 is 6.80. The highest BCUT2D eigenvalue weighted by atomic mass is 32.2. The van der Waals surface area contributed by atoms with Crippen LogP contribution in [0.25, 0.3) is 6.08 Å². The number of hydrogen-bond donors (Lipinski definition) is 0. The summed E-state index contributed by atoms with van der Waals surface area (Å²) in [5, 5.41) is 0. The van der Waals surface area contributed by atoms with Crippen molar-refractivity contribution in [2.24, 2.45) is 5.92 Å². The van der Waals surface area contributed by atoms with Crippen molar-refractivity contribution in [3.63, 3.8) is 0 Å². The van der Waals surface area contributed by atoms with Gasteiger partial charge in [0.2, 0.25) is 0 Å². The summed E-state index contributed by atoms with van der Waals surface area (Å²) in [6.07, 6.45) is 12.2. The van der Waals surface area contributed by atoms with Crippen LogP contribution in [0.2, 0.25) is 0 Å². The van der Waals surface area contributed by atoms with Crippen LogP contribution in [-0.4, -0.2) is 21.7 Å². The molecule has 2 aliphatic rings. The van der Waals surface area contributed by atoms with Crippen LogP contribution >= 0.6 is 24.0 Å². The Kier molecular flexibility index (Phi) is 5.68. The molecule has 2 fully saturated rings. The molecule has 23 heavy (non-hydrogen) atoms. The van der Waals surface area contributed by atoms with Crippen LogP contribution in [0.3, 0.4) is 0 Å². The standard InChI is InChI=1S/C19H21NOS2/c21-18-17(12-6-11-15-7-2-1-3-8-15)23-19(22)20(18)14-13-16-9-4-5-10-16/h1-3,6-8,11-12,16H,4-5,9-10,13-14H2/b11-6+,17-12+. The number of carbonyl (C=O) groups is 1. The Morgan fingerprint density at radius 1 is 1.22 bits per heavy atom. The molecular formula is C19H21NOS2. The summed E-state index contributed by atoms with van der Waals surface area (Å²) in [7, 11) is 0.